The lowest BCUT2D eigenvalue weighted by atomic mass is 9.71. The number of benzene rings is 1. The maximum absolute atomic E-state index is 14.5. The summed E-state index contributed by atoms with van der Waals surface area (Å²) in [6.07, 6.45) is -7.67. The van der Waals surface area contributed by atoms with Crippen molar-refractivity contribution in [2.75, 3.05) is 5.32 Å². The fourth-order valence-corrected chi connectivity index (χ4v) is 3.12. The van der Waals surface area contributed by atoms with Crippen LogP contribution in [-0.4, -0.2) is 24.6 Å². The van der Waals surface area contributed by atoms with Gasteiger partial charge in [0.15, 0.2) is 11.2 Å². The molecule has 1 aromatic rings. The van der Waals surface area contributed by atoms with Crippen molar-refractivity contribution in [3.05, 3.63) is 22.7 Å². The third-order valence-corrected chi connectivity index (χ3v) is 4.44. The molecule has 1 amide bonds. The number of anilines is 1. The monoisotopic (exact) mass is 423 g/mol. The van der Waals surface area contributed by atoms with Crippen LogP contribution in [0.2, 0.25) is 5.02 Å². The minimum absolute atomic E-state index is 0.407. The molecule has 1 aromatic carbocycles. The molecule has 0 heterocycles. The van der Waals surface area contributed by atoms with Gasteiger partial charge in [0, 0.05) is 13.3 Å². The lowest BCUT2D eigenvalue weighted by Gasteiger charge is -2.41. The van der Waals surface area contributed by atoms with Gasteiger partial charge >= 0.3 is 12.8 Å². The molecule has 154 valence electrons. The standard InChI is InChI=1S/C16H17ClF7NO2/c1-4-14(16(22,23)24,15(20,21)5-2)9-6-10(17)12(25-8(3)26)11(7-9)27-13(18)19/h6-7,13H,4-5H2,1-3H3,(H,25,26). The zero-order valence-corrected chi connectivity index (χ0v) is 15.2. The molecule has 0 aliphatic heterocycles. The second-order valence-corrected chi connectivity index (χ2v) is 6.11. The van der Waals surface area contributed by atoms with E-state index in [1.165, 1.54) is 0 Å². The SMILES string of the molecule is CCC(F)(F)C(CC)(c1cc(Cl)c(NC(C)=O)c(OC(F)F)c1)C(F)(F)F. The first-order valence-electron chi connectivity index (χ1n) is 7.74. The molecule has 0 radical (unpaired) electrons. The maximum atomic E-state index is 14.5. The van der Waals surface area contributed by atoms with Crippen molar-refractivity contribution >= 4 is 23.2 Å². The van der Waals surface area contributed by atoms with Crippen LogP contribution < -0.4 is 10.1 Å². The fraction of sp³-hybridized carbons (Fsp3) is 0.562. The average molecular weight is 424 g/mol. The first-order valence-corrected chi connectivity index (χ1v) is 8.12. The van der Waals surface area contributed by atoms with Gasteiger partial charge in [0.25, 0.3) is 5.92 Å². The van der Waals surface area contributed by atoms with E-state index in [2.05, 4.69) is 4.74 Å². The minimum atomic E-state index is -5.43. The maximum Gasteiger partial charge on any atom is 0.404 e. The van der Waals surface area contributed by atoms with E-state index in [1.54, 1.807) is 0 Å². The van der Waals surface area contributed by atoms with Crippen molar-refractivity contribution in [1.29, 1.82) is 0 Å². The Kier molecular flexibility index (Phi) is 7.01. The number of carbonyl (C=O) groups excluding carboxylic acids is 1. The molecule has 1 N–H and O–H groups in total. The Morgan fingerprint density at radius 2 is 1.70 bits per heavy atom. The number of nitrogens with one attached hydrogen (secondary N) is 1. The van der Waals surface area contributed by atoms with Gasteiger partial charge in [0.2, 0.25) is 5.91 Å². The number of hydrogen-bond acceptors (Lipinski definition) is 2. The van der Waals surface area contributed by atoms with Crippen molar-refractivity contribution in [2.24, 2.45) is 0 Å². The molecule has 0 bridgehead atoms. The lowest BCUT2D eigenvalue weighted by molar-refractivity contribution is -0.262. The number of amides is 1. The molecule has 1 rings (SSSR count). The van der Waals surface area contributed by atoms with E-state index in [4.69, 9.17) is 11.6 Å². The number of alkyl halides is 7. The average Bonchev–Trinajstić information content (AvgIpc) is 2.49. The highest BCUT2D eigenvalue weighted by molar-refractivity contribution is 6.34. The van der Waals surface area contributed by atoms with Crippen LogP contribution >= 0.6 is 11.6 Å². The predicted molar refractivity (Wildman–Crippen MR) is 85.6 cm³/mol. The first kappa shape index (κ1) is 23.3. The highest BCUT2D eigenvalue weighted by Crippen LogP contribution is 2.56. The molecular weight excluding hydrogens is 407 g/mol. The molecule has 11 heteroatoms. The highest BCUT2D eigenvalue weighted by atomic mass is 35.5. The van der Waals surface area contributed by atoms with E-state index >= 15 is 0 Å². The predicted octanol–water partition coefficient (Wildman–Crippen LogP) is 6.16. The summed E-state index contributed by atoms with van der Waals surface area (Å²) >= 11 is 5.82. The summed E-state index contributed by atoms with van der Waals surface area (Å²) in [6, 6.07) is 0.982. The topological polar surface area (TPSA) is 38.3 Å². The normalized spacial score (nSPS) is 14.8. The molecule has 1 atom stereocenters. The number of hydrogen-bond donors (Lipinski definition) is 1. The second-order valence-electron chi connectivity index (χ2n) is 5.71. The van der Waals surface area contributed by atoms with Gasteiger partial charge in [-0.25, -0.2) is 8.78 Å². The van der Waals surface area contributed by atoms with Crippen molar-refractivity contribution in [3.8, 4) is 5.75 Å². The van der Waals surface area contributed by atoms with Crippen LogP contribution in [0.1, 0.15) is 39.2 Å². The van der Waals surface area contributed by atoms with Crippen molar-refractivity contribution in [2.45, 2.75) is 57.7 Å². The van der Waals surface area contributed by atoms with E-state index in [9.17, 15) is 35.5 Å². The van der Waals surface area contributed by atoms with Crippen LogP contribution in [-0.2, 0) is 10.2 Å². The van der Waals surface area contributed by atoms with Crippen LogP contribution in [0.4, 0.5) is 36.4 Å². The Labute approximate surface area is 155 Å². The summed E-state index contributed by atoms with van der Waals surface area (Å²) in [4.78, 5) is 11.2. The highest BCUT2D eigenvalue weighted by Gasteiger charge is 2.68. The molecule has 3 nitrogen and oxygen atoms in total. The summed E-state index contributed by atoms with van der Waals surface area (Å²) in [5.74, 6) is -5.99. The zero-order chi connectivity index (χ0) is 21.2. The second kappa shape index (κ2) is 8.12. The van der Waals surface area contributed by atoms with Crippen LogP contribution in [0.15, 0.2) is 12.1 Å². The third-order valence-electron chi connectivity index (χ3n) is 4.15. The van der Waals surface area contributed by atoms with E-state index in [0.717, 1.165) is 20.8 Å². The van der Waals surface area contributed by atoms with Gasteiger partial charge < -0.3 is 10.1 Å². The smallest absolute Gasteiger partial charge is 0.404 e. The van der Waals surface area contributed by atoms with E-state index in [-0.39, 0.29) is 0 Å². The Morgan fingerprint density at radius 1 is 1.15 bits per heavy atom. The Bertz CT molecular complexity index is 694. The molecule has 1 unspecified atom stereocenters. The van der Waals surface area contributed by atoms with E-state index in [0.29, 0.717) is 12.1 Å². The molecule has 0 aromatic heterocycles. The number of halogens is 8. The quantitative estimate of drug-likeness (QED) is 0.534. The summed E-state index contributed by atoms with van der Waals surface area (Å²) in [5, 5.41) is 1.39. The fourth-order valence-electron chi connectivity index (χ4n) is 2.86. The molecule has 0 saturated carbocycles. The summed E-state index contributed by atoms with van der Waals surface area (Å²) in [5.41, 5.74) is -5.27. The molecular formula is C16H17ClF7NO2. The van der Waals surface area contributed by atoms with Gasteiger partial charge in [-0.1, -0.05) is 25.4 Å². The van der Waals surface area contributed by atoms with Gasteiger partial charge in [-0.2, -0.15) is 22.0 Å². The van der Waals surface area contributed by atoms with Gasteiger partial charge in [0.1, 0.15) is 5.69 Å². The minimum Gasteiger partial charge on any atom is -0.433 e. The van der Waals surface area contributed by atoms with Crippen molar-refractivity contribution in [1.82, 2.24) is 0 Å². The molecule has 0 saturated heterocycles. The number of ether oxygens (including phenoxy) is 1. The van der Waals surface area contributed by atoms with Crippen LogP contribution in [0, 0.1) is 0 Å². The van der Waals surface area contributed by atoms with Gasteiger partial charge in [-0.15, -0.1) is 0 Å². The number of rotatable bonds is 7. The molecule has 0 aliphatic carbocycles. The third kappa shape index (κ3) is 4.41. The van der Waals surface area contributed by atoms with E-state index < -0.39 is 64.9 Å². The Morgan fingerprint density at radius 3 is 2.07 bits per heavy atom. The largest absolute Gasteiger partial charge is 0.433 e. The van der Waals surface area contributed by atoms with Crippen molar-refractivity contribution in [3.63, 3.8) is 0 Å². The van der Waals surface area contributed by atoms with Crippen LogP contribution in [0.3, 0.4) is 0 Å². The number of carbonyl (C=O) groups is 1. The van der Waals surface area contributed by atoms with Gasteiger partial charge in [-0.3, -0.25) is 4.79 Å². The Hall–Kier alpha value is -1.71. The molecule has 0 fully saturated rings. The zero-order valence-electron chi connectivity index (χ0n) is 14.5. The molecule has 0 aliphatic rings. The summed E-state index contributed by atoms with van der Waals surface area (Å²) < 4.78 is 99.8. The van der Waals surface area contributed by atoms with Crippen LogP contribution in [0.5, 0.6) is 5.75 Å². The van der Waals surface area contributed by atoms with E-state index in [1.807, 2.05) is 5.32 Å². The Balaban J connectivity index is 3.84. The summed E-state index contributed by atoms with van der Waals surface area (Å²) in [6.45, 7) is -0.717. The summed E-state index contributed by atoms with van der Waals surface area (Å²) in [7, 11) is 0. The van der Waals surface area contributed by atoms with Gasteiger partial charge in [0.05, 0.1) is 5.02 Å². The van der Waals surface area contributed by atoms with Gasteiger partial charge in [-0.05, 0) is 24.1 Å². The lowest BCUT2D eigenvalue weighted by Crippen LogP contribution is -2.55. The first-order chi connectivity index (χ1) is 12.2. The van der Waals surface area contributed by atoms with Crippen molar-refractivity contribution < 1.29 is 40.3 Å². The van der Waals surface area contributed by atoms with Crippen LogP contribution in [0.25, 0.3) is 0 Å². The molecule has 27 heavy (non-hydrogen) atoms. The molecule has 0 spiro atoms.